The summed E-state index contributed by atoms with van der Waals surface area (Å²) in [5.41, 5.74) is 6.03. The molecule has 3 rings (SSSR count). The summed E-state index contributed by atoms with van der Waals surface area (Å²) in [7, 11) is 0. The highest BCUT2D eigenvalue weighted by atomic mass is 16.4. The molecule has 0 spiro atoms. The molecule has 1 aliphatic heterocycles. The molecule has 27 heavy (non-hydrogen) atoms. The summed E-state index contributed by atoms with van der Waals surface area (Å²) < 4.78 is 0. The lowest BCUT2D eigenvalue weighted by atomic mass is 9.96. The molecule has 1 amide bonds. The van der Waals surface area contributed by atoms with E-state index in [9.17, 15) is 14.7 Å². The topological polar surface area (TPSA) is 57.6 Å². The fraction of sp³-hybridized carbons (Fsp3) is 0.304. The molecular formula is C23H25NO3. The van der Waals surface area contributed by atoms with Gasteiger partial charge in [-0.2, -0.15) is 0 Å². The Morgan fingerprint density at radius 3 is 2.41 bits per heavy atom. The van der Waals surface area contributed by atoms with Crippen molar-refractivity contribution in [3.63, 3.8) is 0 Å². The molecule has 0 radical (unpaired) electrons. The van der Waals surface area contributed by atoms with Crippen LogP contribution in [0.25, 0.3) is 5.57 Å². The first-order valence-electron chi connectivity index (χ1n) is 9.30. The number of benzene rings is 2. The van der Waals surface area contributed by atoms with Crippen molar-refractivity contribution in [3.8, 4) is 0 Å². The first-order valence-corrected chi connectivity index (χ1v) is 9.30. The molecule has 140 valence electrons. The van der Waals surface area contributed by atoms with E-state index in [0.717, 1.165) is 6.42 Å². The highest BCUT2D eigenvalue weighted by Gasteiger charge is 2.19. The smallest absolute Gasteiger partial charge is 0.335 e. The van der Waals surface area contributed by atoms with E-state index in [-0.39, 0.29) is 11.5 Å². The highest BCUT2D eigenvalue weighted by molar-refractivity contribution is 5.89. The molecule has 2 aromatic rings. The van der Waals surface area contributed by atoms with Gasteiger partial charge in [-0.3, -0.25) is 4.79 Å². The number of carboxylic acid groups (broad SMARTS) is 1. The Balaban J connectivity index is 1.62. The van der Waals surface area contributed by atoms with Gasteiger partial charge in [0.25, 0.3) is 0 Å². The number of carboxylic acids is 1. The Morgan fingerprint density at radius 2 is 1.78 bits per heavy atom. The number of carbonyl (C=O) groups is 2. The van der Waals surface area contributed by atoms with Crippen LogP contribution in [0, 0.1) is 13.8 Å². The minimum absolute atomic E-state index is 0.0749. The second-order valence-corrected chi connectivity index (χ2v) is 7.16. The minimum atomic E-state index is -0.947. The fourth-order valence-electron chi connectivity index (χ4n) is 3.66. The Bertz CT molecular complexity index is 878. The molecule has 1 heterocycles. The second kappa shape index (κ2) is 8.21. The zero-order valence-electron chi connectivity index (χ0n) is 15.9. The molecule has 0 bridgehead atoms. The van der Waals surface area contributed by atoms with E-state index in [1.165, 1.54) is 22.3 Å². The first-order chi connectivity index (χ1) is 12.9. The minimum Gasteiger partial charge on any atom is -0.478 e. The average Bonchev–Trinajstić information content (AvgIpc) is 2.65. The van der Waals surface area contributed by atoms with Gasteiger partial charge in [0.05, 0.1) is 5.56 Å². The van der Waals surface area contributed by atoms with E-state index in [0.29, 0.717) is 31.5 Å². The Labute approximate surface area is 160 Å². The third kappa shape index (κ3) is 4.64. The van der Waals surface area contributed by atoms with E-state index in [1.807, 2.05) is 11.0 Å². The molecule has 0 unspecified atom stereocenters. The number of rotatable bonds is 5. The van der Waals surface area contributed by atoms with Crippen molar-refractivity contribution in [3.05, 3.63) is 76.4 Å². The van der Waals surface area contributed by atoms with Gasteiger partial charge in [-0.25, -0.2) is 4.79 Å². The van der Waals surface area contributed by atoms with Crippen LogP contribution in [-0.2, 0) is 11.2 Å². The maximum absolute atomic E-state index is 12.6. The Kier molecular flexibility index (Phi) is 5.75. The van der Waals surface area contributed by atoms with Gasteiger partial charge in [0.15, 0.2) is 0 Å². The van der Waals surface area contributed by atoms with Gasteiger partial charge < -0.3 is 10.0 Å². The number of aryl methyl sites for hydroxylation is 3. The number of carbonyl (C=O) groups excluding carboxylic acids is 1. The van der Waals surface area contributed by atoms with Crippen LogP contribution in [0.5, 0.6) is 0 Å². The normalized spacial score (nSPS) is 14.0. The fourth-order valence-corrected chi connectivity index (χ4v) is 3.66. The summed E-state index contributed by atoms with van der Waals surface area (Å²) >= 11 is 0. The Morgan fingerprint density at radius 1 is 1.07 bits per heavy atom. The average molecular weight is 363 g/mol. The third-order valence-electron chi connectivity index (χ3n) is 5.01. The van der Waals surface area contributed by atoms with E-state index in [1.54, 1.807) is 18.2 Å². The van der Waals surface area contributed by atoms with Crippen LogP contribution in [0.15, 0.2) is 48.5 Å². The van der Waals surface area contributed by atoms with Crippen molar-refractivity contribution in [2.24, 2.45) is 0 Å². The zero-order valence-corrected chi connectivity index (χ0v) is 15.9. The van der Waals surface area contributed by atoms with Gasteiger partial charge in [-0.1, -0.05) is 53.6 Å². The van der Waals surface area contributed by atoms with Crippen LogP contribution in [0.1, 0.15) is 45.5 Å². The van der Waals surface area contributed by atoms with Gasteiger partial charge in [0.2, 0.25) is 5.91 Å². The van der Waals surface area contributed by atoms with E-state index < -0.39 is 5.97 Å². The molecule has 0 aliphatic carbocycles. The van der Waals surface area contributed by atoms with Crippen LogP contribution in [-0.4, -0.2) is 35.0 Å². The maximum Gasteiger partial charge on any atom is 0.335 e. The van der Waals surface area contributed by atoms with Crippen molar-refractivity contribution < 1.29 is 14.7 Å². The number of aromatic carboxylic acids is 1. The Hall–Kier alpha value is -2.88. The van der Waals surface area contributed by atoms with Crippen LogP contribution >= 0.6 is 0 Å². The lowest BCUT2D eigenvalue weighted by Gasteiger charge is -2.27. The van der Waals surface area contributed by atoms with Gasteiger partial charge >= 0.3 is 5.97 Å². The molecule has 0 saturated carbocycles. The number of hydrogen-bond donors (Lipinski definition) is 1. The zero-order chi connectivity index (χ0) is 19.4. The highest BCUT2D eigenvalue weighted by Crippen LogP contribution is 2.25. The van der Waals surface area contributed by atoms with Crippen molar-refractivity contribution in [1.29, 1.82) is 0 Å². The predicted octanol–water partition coefficient (Wildman–Crippen LogP) is 4.25. The van der Waals surface area contributed by atoms with Crippen LogP contribution in [0.4, 0.5) is 0 Å². The number of hydrogen-bond acceptors (Lipinski definition) is 2. The van der Waals surface area contributed by atoms with Crippen molar-refractivity contribution in [2.45, 2.75) is 33.1 Å². The molecule has 0 saturated heterocycles. The monoisotopic (exact) mass is 363 g/mol. The van der Waals surface area contributed by atoms with Crippen LogP contribution in [0.3, 0.4) is 0 Å². The summed E-state index contributed by atoms with van der Waals surface area (Å²) in [5.74, 6) is -0.872. The van der Waals surface area contributed by atoms with Gasteiger partial charge in [0, 0.05) is 19.5 Å². The summed E-state index contributed by atoms with van der Waals surface area (Å²) in [5, 5.41) is 9.25. The van der Waals surface area contributed by atoms with Crippen molar-refractivity contribution in [2.75, 3.05) is 13.1 Å². The maximum atomic E-state index is 12.6. The molecule has 2 aromatic carbocycles. The van der Waals surface area contributed by atoms with E-state index >= 15 is 0 Å². The van der Waals surface area contributed by atoms with Gasteiger partial charge in [-0.05, 0) is 49.5 Å². The van der Waals surface area contributed by atoms with Gasteiger partial charge in [0.1, 0.15) is 0 Å². The van der Waals surface area contributed by atoms with Crippen molar-refractivity contribution >= 4 is 17.4 Å². The third-order valence-corrected chi connectivity index (χ3v) is 5.01. The molecule has 0 fully saturated rings. The first kappa shape index (κ1) is 18.9. The molecule has 1 N–H and O–H groups in total. The summed E-state index contributed by atoms with van der Waals surface area (Å²) in [6.07, 6.45) is 3.77. The summed E-state index contributed by atoms with van der Waals surface area (Å²) in [4.78, 5) is 25.7. The molecule has 1 aliphatic rings. The van der Waals surface area contributed by atoms with Crippen LogP contribution in [0.2, 0.25) is 0 Å². The number of nitrogens with zero attached hydrogens (tertiary/aromatic N) is 1. The van der Waals surface area contributed by atoms with E-state index in [2.05, 4.69) is 38.1 Å². The SMILES string of the molecule is Cc1cc(C)cc(C2=CCN(C(=O)CCc3ccccc3C(=O)O)CC2)c1. The predicted molar refractivity (Wildman–Crippen MR) is 107 cm³/mol. The lowest BCUT2D eigenvalue weighted by Crippen LogP contribution is -2.34. The van der Waals surface area contributed by atoms with E-state index in [4.69, 9.17) is 0 Å². The standard InChI is InChI=1S/C23H25NO3/c1-16-13-17(2)15-20(14-16)18-9-11-24(12-10-18)22(25)8-7-19-5-3-4-6-21(19)23(26)27/h3-6,9,13-15H,7-8,10-12H2,1-2H3,(H,26,27). The quantitative estimate of drug-likeness (QED) is 0.864. The molecule has 4 nitrogen and oxygen atoms in total. The number of amides is 1. The van der Waals surface area contributed by atoms with Crippen LogP contribution < -0.4 is 0 Å². The molecular weight excluding hydrogens is 338 g/mol. The summed E-state index contributed by atoms with van der Waals surface area (Å²) in [6.45, 7) is 5.52. The molecule has 0 atom stereocenters. The summed E-state index contributed by atoms with van der Waals surface area (Å²) in [6, 6.07) is 13.4. The van der Waals surface area contributed by atoms with Crippen molar-refractivity contribution in [1.82, 2.24) is 4.90 Å². The lowest BCUT2D eigenvalue weighted by molar-refractivity contribution is -0.130. The second-order valence-electron chi connectivity index (χ2n) is 7.16. The van der Waals surface area contributed by atoms with Gasteiger partial charge in [-0.15, -0.1) is 0 Å². The molecule has 0 aromatic heterocycles. The largest absolute Gasteiger partial charge is 0.478 e. The molecule has 4 heteroatoms.